The zero-order valence-corrected chi connectivity index (χ0v) is 22.5. The zero-order chi connectivity index (χ0) is 25.8. The van der Waals surface area contributed by atoms with Crippen LogP contribution in [0.2, 0.25) is 10.0 Å². The maximum absolute atomic E-state index is 13.6. The SMILES string of the molecule is Cc1cc(Cl)ccc1N(CC(=O)N(Cc1cccc(Cl)c1)[C@@H](C)C(=O)NC1CCCC1)S(C)(=O)=O. The van der Waals surface area contributed by atoms with Crippen molar-refractivity contribution in [2.45, 2.75) is 58.2 Å². The standard InChI is InChI=1S/C25H31Cl2N3O4S/c1-17-13-21(27)11-12-23(17)30(35(3,33)34)16-24(31)29(15-19-7-6-8-20(26)14-19)18(2)25(32)28-22-9-4-5-10-22/h6-8,11-14,18,22H,4-5,9-10,15-16H2,1-3H3,(H,28,32)/t18-/m0/s1. The maximum Gasteiger partial charge on any atom is 0.244 e. The third-order valence-electron chi connectivity index (χ3n) is 6.22. The number of amides is 2. The summed E-state index contributed by atoms with van der Waals surface area (Å²) in [5, 5.41) is 4.01. The van der Waals surface area contributed by atoms with Crippen LogP contribution in [0.4, 0.5) is 5.69 Å². The van der Waals surface area contributed by atoms with Crippen molar-refractivity contribution in [2.24, 2.45) is 0 Å². The minimum atomic E-state index is -3.80. The average molecular weight is 541 g/mol. The minimum absolute atomic E-state index is 0.0947. The fourth-order valence-corrected chi connectivity index (χ4v) is 5.65. The van der Waals surface area contributed by atoms with E-state index in [0.29, 0.717) is 21.3 Å². The van der Waals surface area contributed by atoms with Crippen LogP contribution in [0, 0.1) is 6.92 Å². The van der Waals surface area contributed by atoms with E-state index in [2.05, 4.69) is 5.32 Å². The lowest BCUT2D eigenvalue weighted by Gasteiger charge is -2.32. The first-order valence-corrected chi connectivity index (χ1v) is 14.1. The van der Waals surface area contributed by atoms with Gasteiger partial charge < -0.3 is 10.2 Å². The number of hydrogen-bond donors (Lipinski definition) is 1. The molecule has 10 heteroatoms. The Kier molecular flexibility index (Phi) is 9.07. The number of carbonyl (C=O) groups excluding carboxylic acids is 2. The maximum atomic E-state index is 13.6. The highest BCUT2D eigenvalue weighted by molar-refractivity contribution is 7.92. The van der Waals surface area contributed by atoms with Crippen LogP contribution in [-0.2, 0) is 26.2 Å². The van der Waals surface area contributed by atoms with Gasteiger partial charge in [0, 0.05) is 22.6 Å². The molecule has 35 heavy (non-hydrogen) atoms. The molecule has 0 aliphatic heterocycles. The van der Waals surface area contributed by atoms with Crippen LogP contribution in [0.5, 0.6) is 0 Å². The zero-order valence-electron chi connectivity index (χ0n) is 20.1. The first kappa shape index (κ1) is 27.3. The predicted octanol–water partition coefficient (Wildman–Crippen LogP) is 4.54. The van der Waals surface area contributed by atoms with E-state index >= 15 is 0 Å². The van der Waals surface area contributed by atoms with E-state index in [-0.39, 0.29) is 18.5 Å². The number of anilines is 1. The predicted molar refractivity (Wildman–Crippen MR) is 140 cm³/mol. The number of nitrogens with one attached hydrogen (secondary N) is 1. The van der Waals surface area contributed by atoms with Gasteiger partial charge in [0.1, 0.15) is 12.6 Å². The summed E-state index contributed by atoms with van der Waals surface area (Å²) in [5.41, 5.74) is 1.71. The normalized spacial score (nSPS) is 15.0. The van der Waals surface area contributed by atoms with Crippen LogP contribution < -0.4 is 9.62 Å². The third kappa shape index (κ3) is 7.35. The van der Waals surface area contributed by atoms with Crippen LogP contribution in [-0.4, -0.2) is 50.0 Å². The molecule has 0 heterocycles. The van der Waals surface area contributed by atoms with Gasteiger partial charge in [-0.25, -0.2) is 8.42 Å². The molecular weight excluding hydrogens is 509 g/mol. The summed E-state index contributed by atoms with van der Waals surface area (Å²) >= 11 is 12.2. The second-order valence-electron chi connectivity index (χ2n) is 9.02. The molecule has 0 unspecified atom stereocenters. The lowest BCUT2D eigenvalue weighted by Crippen LogP contribution is -2.52. The van der Waals surface area contributed by atoms with Crippen LogP contribution in [0.15, 0.2) is 42.5 Å². The van der Waals surface area contributed by atoms with Gasteiger partial charge in [-0.2, -0.15) is 0 Å². The van der Waals surface area contributed by atoms with E-state index in [1.807, 2.05) is 6.07 Å². The molecule has 1 saturated carbocycles. The lowest BCUT2D eigenvalue weighted by atomic mass is 10.1. The first-order chi connectivity index (χ1) is 16.5. The highest BCUT2D eigenvalue weighted by Crippen LogP contribution is 2.26. The van der Waals surface area contributed by atoms with Crippen molar-refractivity contribution in [1.29, 1.82) is 0 Å². The second-order valence-corrected chi connectivity index (χ2v) is 11.8. The Balaban J connectivity index is 1.90. The van der Waals surface area contributed by atoms with Gasteiger partial charge in [-0.3, -0.25) is 13.9 Å². The van der Waals surface area contributed by atoms with Crippen LogP contribution in [0.3, 0.4) is 0 Å². The summed E-state index contributed by atoms with van der Waals surface area (Å²) in [6.45, 7) is 3.04. The summed E-state index contributed by atoms with van der Waals surface area (Å²) in [7, 11) is -3.80. The van der Waals surface area contributed by atoms with E-state index in [9.17, 15) is 18.0 Å². The lowest BCUT2D eigenvalue weighted by molar-refractivity contribution is -0.139. The Morgan fingerprint density at radius 2 is 1.74 bits per heavy atom. The number of carbonyl (C=O) groups is 2. The van der Waals surface area contributed by atoms with Gasteiger partial charge in [0.05, 0.1) is 11.9 Å². The highest BCUT2D eigenvalue weighted by Gasteiger charge is 2.31. The topological polar surface area (TPSA) is 86.8 Å². The molecule has 1 aliphatic carbocycles. The molecule has 1 N–H and O–H groups in total. The third-order valence-corrected chi connectivity index (χ3v) is 7.81. The number of halogens is 2. The molecule has 0 bridgehead atoms. The van der Waals surface area contributed by atoms with Crippen molar-refractivity contribution in [2.75, 3.05) is 17.1 Å². The summed E-state index contributed by atoms with van der Waals surface area (Å²) in [4.78, 5) is 28.1. The van der Waals surface area contributed by atoms with Gasteiger partial charge in [-0.15, -0.1) is 0 Å². The van der Waals surface area contributed by atoms with Crippen molar-refractivity contribution in [3.63, 3.8) is 0 Å². The summed E-state index contributed by atoms with van der Waals surface area (Å²) < 4.78 is 26.4. The van der Waals surface area contributed by atoms with Crippen LogP contribution in [0.25, 0.3) is 0 Å². The van der Waals surface area contributed by atoms with E-state index in [0.717, 1.165) is 41.8 Å². The summed E-state index contributed by atoms with van der Waals surface area (Å²) in [5.74, 6) is -0.764. The number of nitrogens with zero attached hydrogens (tertiary/aromatic N) is 2. The van der Waals surface area contributed by atoms with Gasteiger partial charge in [0.15, 0.2) is 0 Å². The number of hydrogen-bond acceptors (Lipinski definition) is 4. The molecule has 2 aromatic rings. The Morgan fingerprint density at radius 1 is 1.09 bits per heavy atom. The average Bonchev–Trinajstić information content (AvgIpc) is 3.28. The van der Waals surface area contributed by atoms with Gasteiger partial charge in [-0.05, 0) is 68.1 Å². The monoisotopic (exact) mass is 539 g/mol. The molecule has 1 fully saturated rings. The van der Waals surface area contributed by atoms with Crippen LogP contribution in [0.1, 0.15) is 43.7 Å². The van der Waals surface area contributed by atoms with Crippen molar-refractivity contribution >= 4 is 50.7 Å². The molecule has 0 spiro atoms. The Labute approximate surface area is 217 Å². The molecule has 0 radical (unpaired) electrons. The second kappa shape index (κ2) is 11.6. The smallest absolute Gasteiger partial charge is 0.244 e. The van der Waals surface area contributed by atoms with E-state index in [4.69, 9.17) is 23.2 Å². The molecule has 0 saturated heterocycles. The van der Waals surface area contributed by atoms with E-state index in [1.165, 1.54) is 4.90 Å². The molecule has 2 aromatic carbocycles. The number of sulfonamides is 1. The van der Waals surface area contributed by atoms with Crippen molar-refractivity contribution in [1.82, 2.24) is 10.2 Å². The molecule has 0 aromatic heterocycles. The summed E-state index contributed by atoms with van der Waals surface area (Å²) in [6, 6.07) is 11.1. The minimum Gasteiger partial charge on any atom is -0.352 e. The van der Waals surface area contributed by atoms with Gasteiger partial charge in [-0.1, -0.05) is 48.2 Å². The Morgan fingerprint density at radius 3 is 2.34 bits per heavy atom. The Bertz CT molecular complexity index is 1180. The number of benzene rings is 2. The number of rotatable bonds is 9. The van der Waals surface area contributed by atoms with Crippen LogP contribution >= 0.6 is 23.2 Å². The van der Waals surface area contributed by atoms with Crippen molar-refractivity contribution < 1.29 is 18.0 Å². The quantitative estimate of drug-likeness (QED) is 0.506. The van der Waals surface area contributed by atoms with Crippen molar-refractivity contribution in [3.8, 4) is 0 Å². The largest absolute Gasteiger partial charge is 0.352 e. The highest BCUT2D eigenvalue weighted by atomic mass is 35.5. The molecule has 1 aliphatic rings. The van der Waals surface area contributed by atoms with E-state index in [1.54, 1.807) is 50.2 Å². The van der Waals surface area contributed by atoms with Gasteiger partial charge in [0.2, 0.25) is 21.8 Å². The fraction of sp³-hybridized carbons (Fsp3) is 0.440. The fourth-order valence-electron chi connectivity index (χ4n) is 4.30. The van der Waals surface area contributed by atoms with Gasteiger partial charge >= 0.3 is 0 Å². The molecule has 7 nitrogen and oxygen atoms in total. The Hall–Kier alpha value is -2.29. The number of aryl methyl sites for hydroxylation is 1. The first-order valence-electron chi connectivity index (χ1n) is 11.5. The van der Waals surface area contributed by atoms with Crippen molar-refractivity contribution in [3.05, 3.63) is 63.6 Å². The van der Waals surface area contributed by atoms with Gasteiger partial charge in [0.25, 0.3) is 0 Å². The van der Waals surface area contributed by atoms with E-state index < -0.39 is 28.5 Å². The summed E-state index contributed by atoms with van der Waals surface area (Å²) in [6.07, 6.45) is 5.01. The molecular formula is C25H31Cl2N3O4S. The molecule has 3 rings (SSSR count). The molecule has 1 atom stereocenters. The molecule has 190 valence electrons. The molecule has 2 amide bonds.